The third-order valence-corrected chi connectivity index (χ3v) is 6.61. The summed E-state index contributed by atoms with van der Waals surface area (Å²) in [6.45, 7) is 3.62. The van der Waals surface area contributed by atoms with E-state index >= 15 is 0 Å². The molecule has 2 aromatic carbocycles. The van der Waals surface area contributed by atoms with Crippen LogP contribution in [0.1, 0.15) is 20.7 Å². The van der Waals surface area contributed by atoms with Crippen molar-refractivity contribution in [1.29, 1.82) is 0 Å². The number of carbonyl (C=O) groups is 2. The van der Waals surface area contributed by atoms with E-state index in [1.165, 1.54) is 42.7 Å². The zero-order valence-electron chi connectivity index (χ0n) is 16.7. The second kappa shape index (κ2) is 10.1. The minimum atomic E-state index is -4.12. The van der Waals surface area contributed by atoms with Crippen molar-refractivity contribution in [1.82, 2.24) is 15.8 Å². The second-order valence-electron chi connectivity index (χ2n) is 6.45. The van der Waals surface area contributed by atoms with Crippen LogP contribution in [0, 0.1) is 0 Å². The van der Waals surface area contributed by atoms with E-state index in [0.717, 1.165) is 10.4 Å². The Balaban J connectivity index is 1.86. The Hall–Kier alpha value is -3.69. The SMILES string of the molecule is C=CCN(c1ccccc1)S(=O)(=O)c1cc(C(=O)NNC(=O)c2ccncc2)ccc1Cl. The summed E-state index contributed by atoms with van der Waals surface area (Å²) in [5, 5.41) is -0.0487. The van der Waals surface area contributed by atoms with Gasteiger partial charge in [-0.1, -0.05) is 35.9 Å². The van der Waals surface area contributed by atoms with Gasteiger partial charge >= 0.3 is 0 Å². The lowest BCUT2D eigenvalue weighted by Gasteiger charge is -2.24. The molecule has 0 saturated carbocycles. The molecule has 0 radical (unpaired) electrons. The predicted octanol–water partition coefficient (Wildman–Crippen LogP) is 3.19. The van der Waals surface area contributed by atoms with E-state index in [4.69, 9.17) is 11.6 Å². The molecular weight excluding hydrogens is 452 g/mol. The van der Waals surface area contributed by atoms with Crippen molar-refractivity contribution in [2.45, 2.75) is 4.90 Å². The fourth-order valence-electron chi connectivity index (χ4n) is 2.78. The molecule has 0 aliphatic rings. The number of hydrazine groups is 1. The van der Waals surface area contributed by atoms with E-state index in [0.29, 0.717) is 11.3 Å². The van der Waals surface area contributed by atoms with Crippen molar-refractivity contribution in [3.8, 4) is 0 Å². The highest BCUT2D eigenvalue weighted by Gasteiger charge is 2.27. The third kappa shape index (κ3) is 5.13. The monoisotopic (exact) mass is 470 g/mol. The largest absolute Gasteiger partial charge is 0.269 e. The fourth-order valence-corrected chi connectivity index (χ4v) is 4.71. The lowest BCUT2D eigenvalue weighted by molar-refractivity contribution is 0.0846. The van der Waals surface area contributed by atoms with Crippen molar-refractivity contribution in [2.24, 2.45) is 0 Å². The first-order valence-corrected chi connectivity index (χ1v) is 11.2. The van der Waals surface area contributed by atoms with E-state index < -0.39 is 21.8 Å². The maximum atomic E-state index is 13.4. The molecule has 0 atom stereocenters. The minimum Gasteiger partial charge on any atom is -0.267 e. The average molecular weight is 471 g/mol. The van der Waals surface area contributed by atoms with E-state index in [9.17, 15) is 18.0 Å². The zero-order valence-corrected chi connectivity index (χ0v) is 18.3. The van der Waals surface area contributed by atoms with Crippen LogP contribution in [0.25, 0.3) is 0 Å². The maximum absolute atomic E-state index is 13.4. The van der Waals surface area contributed by atoms with Gasteiger partial charge in [-0.3, -0.25) is 29.7 Å². The van der Waals surface area contributed by atoms with Gasteiger partial charge < -0.3 is 0 Å². The number of aromatic nitrogens is 1. The summed E-state index contributed by atoms with van der Waals surface area (Å²) in [6, 6.07) is 15.2. The summed E-state index contributed by atoms with van der Waals surface area (Å²) in [6.07, 6.45) is 4.33. The molecule has 1 aromatic heterocycles. The minimum absolute atomic E-state index is 0.00108. The van der Waals surface area contributed by atoms with Gasteiger partial charge in [-0.15, -0.1) is 6.58 Å². The number of nitrogens with one attached hydrogen (secondary N) is 2. The number of nitrogens with zero attached hydrogens (tertiary/aromatic N) is 2. The number of rotatable bonds is 7. The van der Waals surface area contributed by atoms with Gasteiger partial charge in [0, 0.05) is 23.5 Å². The van der Waals surface area contributed by atoms with Crippen LogP contribution < -0.4 is 15.2 Å². The van der Waals surface area contributed by atoms with Gasteiger partial charge in [0.25, 0.3) is 21.8 Å². The predicted molar refractivity (Wildman–Crippen MR) is 122 cm³/mol. The molecule has 0 aliphatic carbocycles. The number of amides is 2. The first-order chi connectivity index (χ1) is 15.3. The average Bonchev–Trinajstić information content (AvgIpc) is 2.82. The van der Waals surface area contributed by atoms with E-state index in [1.54, 1.807) is 30.3 Å². The first kappa shape index (κ1) is 23.0. The molecule has 1 heterocycles. The summed E-state index contributed by atoms with van der Waals surface area (Å²) in [5.41, 5.74) is 5.23. The highest BCUT2D eigenvalue weighted by atomic mass is 35.5. The summed E-state index contributed by atoms with van der Waals surface area (Å²) in [4.78, 5) is 28.2. The van der Waals surface area contributed by atoms with Crippen LogP contribution in [0.15, 0.2) is 90.6 Å². The quantitative estimate of drug-likeness (QED) is 0.407. The molecule has 0 spiro atoms. The molecule has 2 amide bonds. The number of para-hydroxylation sites is 1. The summed E-state index contributed by atoms with van der Waals surface area (Å²) in [7, 11) is -4.12. The van der Waals surface area contributed by atoms with Crippen LogP contribution in [0.5, 0.6) is 0 Å². The van der Waals surface area contributed by atoms with Gasteiger partial charge in [-0.25, -0.2) is 8.42 Å². The lowest BCUT2D eigenvalue weighted by Crippen LogP contribution is -2.41. The maximum Gasteiger partial charge on any atom is 0.269 e. The summed E-state index contributed by atoms with van der Waals surface area (Å²) in [5.74, 6) is -1.26. The Morgan fingerprint density at radius 1 is 0.969 bits per heavy atom. The van der Waals surface area contributed by atoms with E-state index in [-0.39, 0.29) is 22.0 Å². The van der Waals surface area contributed by atoms with E-state index in [1.807, 2.05) is 0 Å². The molecule has 0 fully saturated rings. The van der Waals surface area contributed by atoms with Crippen LogP contribution in [0.3, 0.4) is 0 Å². The summed E-state index contributed by atoms with van der Waals surface area (Å²) < 4.78 is 27.8. The molecule has 10 heteroatoms. The molecule has 32 heavy (non-hydrogen) atoms. The number of sulfonamides is 1. The van der Waals surface area contributed by atoms with Crippen molar-refractivity contribution in [3.05, 3.63) is 102 Å². The van der Waals surface area contributed by atoms with Gasteiger partial charge in [0.05, 0.1) is 17.3 Å². The number of pyridine rings is 1. The molecule has 0 aliphatic heterocycles. The third-order valence-electron chi connectivity index (χ3n) is 4.33. The van der Waals surface area contributed by atoms with Crippen LogP contribution in [-0.2, 0) is 10.0 Å². The van der Waals surface area contributed by atoms with Gasteiger partial charge in [0.15, 0.2) is 0 Å². The number of hydrogen-bond acceptors (Lipinski definition) is 5. The molecular formula is C22H19ClN4O4S. The molecule has 0 bridgehead atoms. The van der Waals surface area contributed by atoms with E-state index in [2.05, 4.69) is 22.4 Å². The van der Waals surface area contributed by atoms with Crippen molar-refractivity contribution < 1.29 is 18.0 Å². The van der Waals surface area contributed by atoms with Gasteiger partial charge in [-0.2, -0.15) is 0 Å². The Bertz CT molecular complexity index is 1240. The van der Waals surface area contributed by atoms with Gasteiger partial charge in [0.2, 0.25) is 0 Å². The molecule has 8 nitrogen and oxygen atoms in total. The smallest absolute Gasteiger partial charge is 0.267 e. The Morgan fingerprint density at radius 3 is 2.22 bits per heavy atom. The molecule has 0 unspecified atom stereocenters. The highest BCUT2D eigenvalue weighted by molar-refractivity contribution is 7.93. The zero-order chi connectivity index (χ0) is 23.1. The highest BCUT2D eigenvalue weighted by Crippen LogP contribution is 2.29. The molecule has 3 rings (SSSR count). The normalized spacial score (nSPS) is 10.8. The fraction of sp³-hybridized carbons (Fsp3) is 0.0455. The number of halogens is 1. The number of anilines is 1. The lowest BCUT2D eigenvalue weighted by atomic mass is 10.2. The molecule has 3 aromatic rings. The topological polar surface area (TPSA) is 108 Å². The van der Waals surface area contributed by atoms with Crippen LogP contribution in [0.2, 0.25) is 5.02 Å². The molecule has 164 valence electrons. The Kier molecular flexibility index (Phi) is 7.24. The number of hydrogen-bond donors (Lipinski definition) is 2. The molecule has 2 N–H and O–H groups in total. The van der Waals surface area contributed by atoms with Gasteiger partial charge in [0.1, 0.15) is 4.90 Å². The second-order valence-corrected chi connectivity index (χ2v) is 8.69. The van der Waals surface area contributed by atoms with Crippen LogP contribution >= 0.6 is 11.6 Å². The Labute approximate surface area is 190 Å². The number of benzene rings is 2. The van der Waals surface area contributed by atoms with Crippen molar-refractivity contribution in [2.75, 3.05) is 10.8 Å². The van der Waals surface area contributed by atoms with Crippen LogP contribution in [-0.4, -0.2) is 31.8 Å². The van der Waals surface area contributed by atoms with Crippen LogP contribution in [0.4, 0.5) is 5.69 Å². The Morgan fingerprint density at radius 2 is 1.59 bits per heavy atom. The molecule has 0 saturated heterocycles. The van der Waals surface area contributed by atoms with Gasteiger partial charge in [-0.05, 0) is 42.5 Å². The summed E-state index contributed by atoms with van der Waals surface area (Å²) >= 11 is 6.19. The van der Waals surface area contributed by atoms with Crippen molar-refractivity contribution in [3.63, 3.8) is 0 Å². The standard InChI is InChI=1S/C22H19ClN4O4S/c1-2-14-27(18-6-4-3-5-7-18)32(30,31)20-15-17(8-9-19(20)23)22(29)26-25-21(28)16-10-12-24-13-11-16/h2-13,15H,1,14H2,(H,25,28)(H,26,29). The van der Waals surface area contributed by atoms with Crippen molar-refractivity contribution >= 4 is 39.1 Å². The first-order valence-electron chi connectivity index (χ1n) is 9.33. The number of carbonyl (C=O) groups excluding carboxylic acids is 2.